The molecule has 2 fully saturated rings. The first kappa shape index (κ1) is 22.9. The number of nitrogens with zero attached hydrogens (tertiary/aromatic N) is 2. The highest BCUT2D eigenvalue weighted by molar-refractivity contribution is 7.98. The molecular formula is C23H26F3N3O2S. The van der Waals surface area contributed by atoms with Gasteiger partial charge in [-0.3, -0.25) is 4.79 Å². The molecule has 1 saturated carbocycles. The lowest BCUT2D eigenvalue weighted by atomic mass is 9.82. The molecule has 32 heavy (non-hydrogen) atoms. The number of alkyl halides is 3. The van der Waals surface area contributed by atoms with Gasteiger partial charge in [-0.1, -0.05) is 12.5 Å². The molecule has 1 atom stereocenters. The quantitative estimate of drug-likeness (QED) is 0.593. The minimum atomic E-state index is -4.40. The molecule has 0 bridgehead atoms. The molecule has 0 spiro atoms. The first-order chi connectivity index (χ1) is 15.3. The van der Waals surface area contributed by atoms with E-state index in [0.717, 1.165) is 29.9 Å². The molecule has 5 nitrogen and oxygen atoms in total. The molecule has 2 heterocycles. The Bertz CT molecular complexity index is 966. The summed E-state index contributed by atoms with van der Waals surface area (Å²) < 4.78 is 44.5. The van der Waals surface area contributed by atoms with Gasteiger partial charge in [-0.25, -0.2) is 4.98 Å². The van der Waals surface area contributed by atoms with Gasteiger partial charge in [-0.15, -0.1) is 11.8 Å². The summed E-state index contributed by atoms with van der Waals surface area (Å²) in [7, 11) is 0. The molecular weight excluding hydrogens is 439 g/mol. The van der Waals surface area contributed by atoms with Crippen molar-refractivity contribution in [2.75, 3.05) is 36.2 Å². The van der Waals surface area contributed by atoms with Gasteiger partial charge in [0.1, 0.15) is 5.82 Å². The third-order valence-corrected chi connectivity index (χ3v) is 6.72. The fourth-order valence-corrected chi connectivity index (χ4v) is 4.41. The predicted octanol–water partition coefficient (Wildman–Crippen LogP) is 5.48. The Labute approximate surface area is 189 Å². The van der Waals surface area contributed by atoms with E-state index in [1.807, 2.05) is 30.5 Å². The number of rotatable bonds is 5. The molecule has 0 unspecified atom stereocenters. The van der Waals surface area contributed by atoms with Crippen molar-refractivity contribution in [3.8, 4) is 0 Å². The van der Waals surface area contributed by atoms with Crippen LogP contribution in [0, 0.1) is 0 Å². The van der Waals surface area contributed by atoms with E-state index in [9.17, 15) is 18.0 Å². The van der Waals surface area contributed by atoms with Crippen molar-refractivity contribution < 1.29 is 22.7 Å². The number of hydrogen-bond donors (Lipinski definition) is 1. The maximum atomic E-state index is 13.2. The average Bonchev–Trinajstić information content (AvgIpc) is 2.99. The van der Waals surface area contributed by atoms with E-state index in [4.69, 9.17) is 9.72 Å². The fourth-order valence-electron chi connectivity index (χ4n) is 3.96. The average molecular weight is 466 g/mol. The van der Waals surface area contributed by atoms with Crippen LogP contribution in [0.5, 0.6) is 0 Å². The topological polar surface area (TPSA) is 54.5 Å². The minimum absolute atomic E-state index is 0.0731. The van der Waals surface area contributed by atoms with Crippen LogP contribution in [0.3, 0.4) is 0 Å². The monoisotopic (exact) mass is 465 g/mol. The first-order valence-electron chi connectivity index (χ1n) is 10.7. The van der Waals surface area contributed by atoms with Crippen LogP contribution in [0.4, 0.5) is 24.7 Å². The van der Waals surface area contributed by atoms with E-state index < -0.39 is 12.3 Å². The van der Waals surface area contributed by atoms with Crippen LogP contribution in [0.1, 0.15) is 47.7 Å². The first-order valence-corrected chi connectivity index (χ1v) is 12.0. The van der Waals surface area contributed by atoms with E-state index in [0.29, 0.717) is 23.0 Å². The SMILES string of the molecule is CSc1cccc(NC(=O)c2ccc(C3CCC3)nc2N2CCO[C@H](C(F)(F)F)CC2)c1. The van der Waals surface area contributed by atoms with Crippen LogP contribution in [-0.4, -0.2) is 49.1 Å². The number of pyridine rings is 1. The lowest BCUT2D eigenvalue weighted by Crippen LogP contribution is -2.33. The van der Waals surface area contributed by atoms with Gasteiger partial charge in [0, 0.05) is 41.7 Å². The zero-order valence-corrected chi connectivity index (χ0v) is 18.6. The number of thioether (sulfide) groups is 1. The minimum Gasteiger partial charge on any atom is -0.367 e. The second kappa shape index (κ2) is 9.70. The summed E-state index contributed by atoms with van der Waals surface area (Å²) >= 11 is 1.57. The molecule has 1 N–H and O–H groups in total. The predicted molar refractivity (Wildman–Crippen MR) is 120 cm³/mol. The van der Waals surface area contributed by atoms with Gasteiger partial charge in [-0.05, 0) is 49.4 Å². The molecule has 172 valence electrons. The van der Waals surface area contributed by atoms with Gasteiger partial charge in [0.05, 0.1) is 12.2 Å². The van der Waals surface area contributed by atoms with Crippen LogP contribution in [0.15, 0.2) is 41.3 Å². The molecule has 2 aliphatic rings. The van der Waals surface area contributed by atoms with Crippen molar-refractivity contribution in [1.82, 2.24) is 4.98 Å². The van der Waals surface area contributed by atoms with Crippen LogP contribution >= 0.6 is 11.8 Å². The molecule has 1 aromatic heterocycles. The van der Waals surface area contributed by atoms with Crippen LogP contribution in [-0.2, 0) is 4.74 Å². The molecule has 2 aromatic rings. The number of carbonyl (C=O) groups excluding carboxylic acids is 1. The summed E-state index contributed by atoms with van der Waals surface area (Å²) in [6.07, 6.45) is -1.22. The highest BCUT2D eigenvalue weighted by atomic mass is 32.2. The Hall–Kier alpha value is -2.26. The Morgan fingerprint density at radius 3 is 2.69 bits per heavy atom. The lowest BCUT2D eigenvalue weighted by molar-refractivity contribution is -0.218. The molecule has 1 aromatic carbocycles. The standard InChI is InChI=1S/C23H26F3N3O2S/c1-32-17-7-3-6-16(14-17)27-22(30)18-8-9-19(15-4-2-5-15)28-21(18)29-11-10-20(23(24,25)26)31-13-12-29/h3,6-9,14-15,20H,2,4-5,10-13H2,1H3,(H,27,30)/t20-/m0/s1. The molecule has 0 radical (unpaired) electrons. The van der Waals surface area contributed by atoms with Gasteiger partial charge >= 0.3 is 6.18 Å². The largest absolute Gasteiger partial charge is 0.414 e. The van der Waals surface area contributed by atoms with Gasteiger partial charge in [-0.2, -0.15) is 13.2 Å². The number of anilines is 2. The maximum absolute atomic E-state index is 13.2. The summed E-state index contributed by atoms with van der Waals surface area (Å²) in [5, 5.41) is 2.91. The van der Waals surface area contributed by atoms with E-state index in [-0.39, 0.29) is 32.0 Å². The Morgan fingerprint density at radius 2 is 2.00 bits per heavy atom. The number of benzene rings is 1. The normalized spacial score (nSPS) is 19.9. The van der Waals surface area contributed by atoms with Crippen LogP contribution in [0.2, 0.25) is 0 Å². The Kier molecular flexibility index (Phi) is 6.95. The van der Waals surface area contributed by atoms with Crippen LogP contribution < -0.4 is 10.2 Å². The number of aromatic nitrogens is 1. The number of amides is 1. The van der Waals surface area contributed by atoms with E-state index in [1.165, 1.54) is 0 Å². The number of carbonyl (C=O) groups is 1. The molecule has 1 aliphatic heterocycles. The zero-order valence-electron chi connectivity index (χ0n) is 17.8. The van der Waals surface area contributed by atoms with Gasteiger partial charge in [0.15, 0.2) is 6.10 Å². The molecule has 4 rings (SSSR count). The van der Waals surface area contributed by atoms with Crippen molar-refractivity contribution in [1.29, 1.82) is 0 Å². The summed E-state index contributed by atoms with van der Waals surface area (Å²) in [4.78, 5) is 20.7. The molecule has 9 heteroatoms. The van der Waals surface area contributed by atoms with Gasteiger partial charge < -0.3 is 15.0 Å². The van der Waals surface area contributed by atoms with Gasteiger partial charge in [0.2, 0.25) is 0 Å². The van der Waals surface area contributed by atoms with Crippen LogP contribution in [0.25, 0.3) is 0 Å². The smallest absolute Gasteiger partial charge is 0.367 e. The maximum Gasteiger partial charge on any atom is 0.414 e. The van der Waals surface area contributed by atoms with Crippen molar-refractivity contribution >= 4 is 29.2 Å². The third kappa shape index (κ3) is 5.20. The number of ether oxygens (including phenoxy) is 1. The Morgan fingerprint density at radius 1 is 1.19 bits per heavy atom. The number of nitrogens with one attached hydrogen (secondary N) is 1. The number of halogens is 3. The van der Waals surface area contributed by atoms with Crippen molar-refractivity contribution in [3.63, 3.8) is 0 Å². The molecule has 1 aliphatic carbocycles. The van der Waals surface area contributed by atoms with E-state index >= 15 is 0 Å². The molecule has 1 saturated heterocycles. The van der Waals surface area contributed by atoms with Crippen molar-refractivity contribution in [2.45, 2.75) is 48.8 Å². The molecule has 1 amide bonds. The highest BCUT2D eigenvalue weighted by Gasteiger charge is 2.42. The van der Waals surface area contributed by atoms with Crippen molar-refractivity contribution in [2.24, 2.45) is 0 Å². The zero-order chi connectivity index (χ0) is 22.7. The summed E-state index contributed by atoms with van der Waals surface area (Å²) in [5.74, 6) is 0.443. The Balaban J connectivity index is 1.61. The number of hydrogen-bond acceptors (Lipinski definition) is 5. The second-order valence-corrected chi connectivity index (χ2v) is 8.98. The second-order valence-electron chi connectivity index (χ2n) is 8.10. The highest BCUT2D eigenvalue weighted by Crippen LogP contribution is 2.37. The third-order valence-electron chi connectivity index (χ3n) is 6.00. The van der Waals surface area contributed by atoms with Crippen molar-refractivity contribution in [3.05, 3.63) is 47.7 Å². The lowest BCUT2D eigenvalue weighted by Gasteiger charge is -2.28. The van der Waals surface area contributed by atoms with Gasteiger partial charge in [0.25, 0.3) is 5.91 Å². The van der Waals surface area contributed by atoms with E-state index in [2.05, 4.69) is 5.32 Å². The summed E-state index contributed by atoms with van der Waals surface area (Å²) in [6, 6.07) is 11.1. The fraction of sp³-hybridized carbons (Fsp3) is 0.478. The summed E-state index contributed by atoms with van der Waals surface area (Å²) in [5.41, 5.74) is 1.91. The summed E-state index contributed by atoms with van der Waals surface area (Å²) in [6.45, 7) is 0.291. The van der Waals surface area contributed by atoms with E-state index in [1.54, 1.807) is 28.8 Å².